The summed E-state index contributed by atoms with van der Waals surface area (Å²) >= 11 is 0. The fraction of sp³-hybridized carbons (Fsp3) is 0.400. The first-order chi connectivity index (χ1) is 6.77. The van der Waals surface area contributed by atoms with Gasteiger partial charge in [0.1, 0.15) is 11.5 Å². The van der Waals surface area contributed by atoms with E-state index < -0.39 is 0 Å². The standard InChI is InChI=1S/C10H12N2O2/c13-8-3-6-12(7-4-8)10(14)9-2-1-5-11-9/h1-2,5,11H,3-4,6-7H2. The monoisotopic (exact) mass is 192 g/mol. The van der Waals surface area contributed by atoms with E-state index in [0.29, 0.717) is 31.6 Å². The largest absolute Gasteiger partial charge is 0.357 e. The molecule has 0 atom stereocenters. The summed E-state index contributed by atoms with van der Waals surface area (Å²) in [6, 6.07) is 3.54. The van der Waals surface area contributed by atoms with Crippen LogP contribution < -0.4 is 0 Å². The minimum absolute atomic E-state index is 0.0116. The second-order valence-electron chi connectivity index (χ2n) is 3.41. The number of hydrogen-bond donors (Lipinski definition) is 1. The van der Waals surface area contributed by atoms with Gasteiger partial charge in [-0.05, 0) is 12.1 Å². The molecular weight excluding hydrogens is 180 g/mol. The predicted octanol–water partition coefficient (Wildman–Crippen LogP) is 0.820. The zero-order chi connectivity index (χ0) is 9.97. The molecule has 0 radical (unpaired) electrons. The number of nitrogens with one attached hydrogen (secondary N) is 1. The molecule has 0 aromatic carbocycles. The molecule has 4 heteroatoms. The number of aromatic nitrogens is 1. The Labute approximate surface area is 81.9 Å². The predicted molar refractivity (Wildman–Crippen MR) is 50.9 cm³/mol. The van der Waals surface area contributed by atoms with E-state index in [1.165, 1.54) is 0 Å². The minimum atomic E-state index is -0.0116. The lowest BCUT2D eigenvalue weighted by molar-refractivity contribution is -0.120. The first kappa shape index (κ1) is 8.99. The maximum absolute atomic E-state index is 11.8. The van der Waals surface area contributed by atoms with Crippen LogP contribution in [-0.4, -0.2) is 34.7 Å². The summed E-state index contributed by atoms with van der Waals surface area (Å²) in [6.07, 6.45) is 2.71. The number of rotatable bonds is 1. The molecule has 1 aromatic heterocycles. The number of Topliss-reactive ketones (excluding diaryl/α,β-unsaturated/α-hetero) is 1. The fourth-order valence-corrected chi connectivity index (χ4v) is 1.59. The second-order valence-corrected chi connectivity index (χ2v) is 3.41. The average Bonchev–Trinajstić information content (AvgIpc) is 2.71. The highest BCUT2D eigenvalue weighted by atomic mass is 16.2. The van der Waals surface area contributed by atoms with Crippen molar-refractivity contribution in [3.63, 3.8) is 0 Å². The van der Waals surface area contributed by atoms with Gasteiger partial charge < -0.3 is 9.88 Å². The molecule has 1 saturated heterocycles. The molecule has 4 nitrogen and oxygen atoms in total. The Morgan fingerprint density at radius 2 is 2.07 bits per heavy atom. The molecule has 74 valence electrons. The number of hydrogen-bond acceptors (Lipinski definition) is 2. The van der Waals surface area contributed by atoms with Crippen LogP contribution in [0.4, 0.5) is 0 Å². The summed E-state index contributed by atoms with van der Waals surface area (Å²) in [6.45, 7) is 1.10. The van der Waals surface area contributed by atoms with E-state index in [1.54, 1.807) is 23.2 Å². The maximum Gasteiger partial charge on any atom is 0.270 e. The van der Waals surface area contributed by atoms with Gasteiger partial charge in [0.15, 0.2) is 0 Å². The first-order valence-corrected chi connectivity index (χ1v) is 4.72. The highest BCUT2D eigenvalue weighted by Crippen LogP contribution is 2.09. The molecule has 1 aromatic rings. The normalized spacial score (nSPS) is 17.1. The van der Waals surface area contributed by atoms with Gasteiger partial charge >= 0.3 is 0 Å². The average molecular weight is 192 g/mol. The van der Waals surface area contributed by atoms with Crippen LogP contribution >= 0.6 is 0 Å². The van der Waals surface area contributed by atoms with E-state index in [-0.39, 0.29) is 11.7 Å². The van der Waals surface area contributed by atoms with Gasteiger partial charge in [-0.15, -0.1) is 0 Å². The smallest absolute Gasteiger partial charge is 0.270 e. The molecule has 14 heavy (non-hydrogen) atoms. The number of carbonyl (C=O) groups excluding carboxylic acids is 2. The molecule has 0 aliphatic carbocycles. The van der Waals surface area contributed by atoms with Crippen LogP contribution in [0.15, 0.2) is 18.3 Å². The van der Waals surface area contributed by atoms with E-state index in [4.69, 9.17) is 0 Å². The van der Waals surface area contributed by atoms with Gasteiger partial charge in [-0.3, -0.25) is 9.59 Å². The molecule has 1 N–H and O–H groups in total. The number of likely N-dealkylation sites (tertiary alicyclic amines) is 1. The lowest BCUT2D eigenvalue weighted by Crippen LogP contribution is -2.38. The third-order valence-corrected chi connectivity index (χ3v) is 2.44. The first-order valence-electron chi connectivity index (χ1n) is 4.72. The molecule has 0 saturated carbocycles. The van der Waals surface area contributed by atoms with Crippen LogP contribution in [0.5, 0.6) is 0 Å². The summed E-state index contributed by atoms with van der Waals surface area (Å²) < 4.78 is 0. The molecule has 1 aliphatic heterocycles. The van der Waals surface area contributed by atoms with Gasteiger partial charge in [-0.2, -0.15) is 0 Å². The number of piperidine rings is 1. The molecule has 2 rings (SSSR count). The maximum atomic E-state index is 11.8. The molecule has 0 bridgehead atoms. The fourth-order valence-electron chi connectivity index (χ4n) is 1.59. The van der Waals surface area contributed by atoms with Gasteiger partial charge in [0.2, 0.25) is 0 Å². The number of amides is 1. The molecule has 0 spiro atoms. The summed E-state index contributed by atoms with van der Waals surface area (Å²) in [4.78, 5) is 27.3. The number of aromatic amines is 1. The van der Waals surface area contributed by atoms with Crippen molar-refractivity contribution in [1.29, 1.82) is 0 Å². The van der Waals surface area contributed by atoms with Crippen LogP contribution in [0.2, 0.25) is 0 Å². The Bertz CT molecular complexity index is 333. The SMILES string of the molecule is O=C1CCN(C(=O)c2ccc[nH]2)CC1. The van der Waals surface area contributed by atoms with E-state index in [2.05, 4.69) is 4.98 Å². The number of carbonyl (C=O) groups is 2. The Balaban J connectivity index is 2.03. The Morgan fingerprint density at radius 3 is 2.64 bits per heavy atom. The van der Waals surface area contributed by atoms with E-state index >= 15 is 0 Å². The highest BCUT2D eigenvalue weighted by molar-refractivity contribution is 5.93. The van der Waals surface area contributed by atoms with Gasteiger partial charge in [0, 0.05) is 32.1 Å². The number of nitrogens with zero attached hydrogens (tertiary/aromatic N) is 1. The van der Waals surface area contributed by atoms with Crippen LogP contribution in [0.3, 0.4) is 0 Å². The summed E-state index contributed by atoms with van der Waals surface area (Å²) in [5.74, 6) is 0.239. The molecule has 1 fully saturated rings. The second kappa shape index (κ2) is 3.65. The van der Waals surface area contributed by atoms with Crippen molar-refractivity contribution in [2.75, 3.05) is 13.1 Å². The van der Waals surface area contributed by atoms with Crippen molar-refractivity contribution in [2.45, 2.75) is 12.8 Å². The zero-order valence-electron chi connectivity index (χ0n) is 7.82. The van der Waals surface area contributed by atoms with Crippen molar-refractivity contribution < 1.29 is 9.59 Å². The molecule has 1 amide bonds. The van der Waals surface area contributed by atoms with E-state index in [0.717, 1.165) is 0 Å². The van der Waals surface area contributed by atoms with Crippen molar-refractivity contribution in [3.8, 4) is 0 Å². The Hall–Kier alpha value is -1.58. The number of ketones is 1. The molecular formula is C10H12N2O2. The Morgan fingerprint density at radius 1 is 1.36 bits per heavy atom. The zero-order valence-corrected chi connectivity index (χ0v) is 7.82. The van der Waals surface area contributed by atoms with Crippen molar-refractivity contribution in [3.05, 3.63) is 24.0 Å². The number of H-pyrrole nitrogens is 1. The summed E-state index contributed by atoms with van der Waals surface area (Å²) in [5.41, 5.74) is 0.597. The van der Waals surface area contributed by atoms with Crippen LogP contribution in [0, 0.1) is 0 Å². The lowest BCUT2D eigenvalue weighted by Gasteiger charge is -2.25. The van der Waals surface area contributed by atoms with E-state index in [1.807, 2.05) is 0 Å². The molecule has 0 unspecified atom stereocenters. The van der Waals surface area contributed by atoms with Gasteiger partial charge in [0.25, 0.3) is 5.91 Å². The van der Waals surface area contributed by atoms with Crippen molar-refractivity contribution in [2.24, 2.45) is 0 Å². The molecule has 1 aliphatic rings. The minimum Gasteiger partial charge on any atom is -0.357 e. The quantitative estimate of drug-likeness (QED) is 0.716. The van der Waals surface area contributed by atoms with Crippen molar-refractivity contribution >= 4 is 11.7 Å². The van der Waals surface area contributed by atoms with E-state index in [9.17, 15) is 9.59 Å². The van der Waals surface area contributed by atoms with Crippen LogP contribution in [-0.2, 0) is 4.79 Å². The van der Waals surface area contributed by atoms with Gasteiger partial charge in [-0.1, -0.05) is 0 Å². The summed E-state index contributed by atoms with van der Waals surface area (Å²) in [5, 5.41) is 0. The molecule has 2 heterocycles. The summed E-state index contributed by atoms with van der Waals surface area (Å²) in [7, 11) is 0. The van der Waals surface area contributed by atoms with Gasteiger partial charge in [0.05, 0.1) is 0 Å². The van der Waals surface area contributed by atoms with Crippen LogP contribution in [0.25, 0.3) is 0 Å². The van der Waals surface area contributed by atoms with Gasteiger partial charge in [-0.25, -0.2) is 0 Å². The Kier molecular flexibility index (Phi) is 2.35. The van der Waals surface area contributed by atoms with Crippen LogP contribution in [0.1, 0.15) is 23.3 Å². The third kappa shape index (κ3) is 1.69. The lowest BCUT2D eigenvalue weighted by atomic mass is 10.1. The van der Waals surface area contributed by atoms with Crippen molar-refractivity contribution in [1.82, 2.24) is 9.88 Å². The topological polar surface area (TPSA) is 53.2 Å². The third-order valence-electron chi connectivity index (χ3n) is 2.44. The highest BCUT2D eigenvalue weighted by Gasteiger charge is 2.21.